The van der Waals surface area contributed by atoms with E-state index in [-0.39, 0.29) is 17.2 Å². The number of rotatable bonds is 11. The molecule has 3 rings (SSSR count). The summed E-state index contributed by atoms with van der Waals surface area (Å²) >= 11 is 1.07. The molecule has 0 aliphatic rings. The molecule has 0 aliphatic carbocycles. The second-order valence-electron chi connectivity index (χ2n) is 7.17. The summed E-state index contributed by atoms with van der Waals surface area (Å²) in [7, 11) is 7.29. The quantitative estimate of drug-likeness (QED) is 0.141. The van der Waals surface area contributed by atoms with E-state index in [1.54, 1.807) is 36.4 Å². The van der Waals surface area contributed by atoms with E-state index in [4.69, 9.17) is 23.7 Å². The highest BCUT2D eigenvalue weighted by atomic mass is 32.2. The number of halogens is 1. The van der Waals surface area contributed by atoms with Crippen LogP contribution < -0.4 is 28.4 Å². The number of hydrogen-bond acceptors (Lipinski definition) is 9. The van der Waals surface area contributed by atoms with Gasteiger partial charge in [0.2, 0.25) is 5.75 Å². The fourth-order valence-corrected chi connectivity index (χ4v) is 4.06. The Hall–Kier alpha value is -4.12. The SMILES string of the molecule is COc1ccc(SNc2cc(/C=C\c3cc(OC)c(OC)c(OC)c3)cc(F)c2OC)cc1[N+](=O)[O-]. The van der Waals surface area contributed by atoms with Crippen LogP contribution in [0.5, 0.6) is 28.7 Å². The highest BCUT2D eigenvalue weighted by Gasteiger charge is 2.17. The molecule has 0 heterocycles. The summed E-state index contributed by atoms with van der Waals surface area (Å²) in [5.74, 6) is 1.03. The Morgan fingerprint density at radius 3 is 1.92 bits per heavy atom. The molecule has 0 unspecified atom stereocenters. The lowest BCUT2D eigenvalue weighted by molar-refractivity contribution is -0.386. The zero-order valence-electron chi connectivity index (χ0n) is 20.3. The van der Waals surface area contributed by atoms with Crippen molar-refractivity contribution in [2.75, 3.05) is 40.3 Å². The summed E-state index contributed by atoms with van der Waals surface area (Å²) in [5.41, 5.74) is 1.47. The molecule has 1 N–H and O–H groups in total. The second kappa shape index (κ2) is 12.0. The van der Waals surface area contributed by atoms with E-state index in [1.165, 1.54) is 53.7 Å². The molecular formula is C25H25FN2O7S. The molecule has 9 nitrogen and oxygen atoms in total. The van der Waals surface area contributed by atoms with Gasteiger partial charge in [-0.3, -0.25) is 10.1 Å². The van der Waals surface area contributed by atoms with Gasteiger partial charge >= 0.3 is 5.69 Å². The number of anilines is 1. The minimum Gasteiger partial charge on any atom is -0.493 e. The highest BCUT2D eigenvalue weighted by Crippen LogP contribution is 2.39. The van der Waals surface area contributed by atoms with Crippen molar-refractivity contribution in [2.24, 2.45) is 0 Å². The Labute approximate surface area is 212 Å². The van der Waals surface area contributed by atoms with Crippen LogP contribution in [0.15, 0.2) is 47.4 Å². The predicted octanol–water partition coefficient (Wildman–Crippen LogP) is 6.07. The van der Waals surface area contributed by atoms with E-state index in [0.29, 0.717) is 33.4 Å². The number of nitro groups is 1. The molecule has 36 heavy (non-hydrogen) atoms. The minimum atomic E-state index is -0.576. The first-order valence-electron chi connectivity index (χ1n) is 10.5. The van der Waals surface area contributed by atoms with Gasteiger partial charge in [0.05, 0.1) is 46.2 Å². The van der Waals surface area contributed by atoms with Gasteiger partial charge in [0, 0.05) is 11.0 Å². The van der Waals surface area contributed by atoms with Crippen LogP contribution in [0.25, 0.3) is 12.2 Å². The van der Waals surface area contributed by atoms with Crippen LogP contribution in [0, 0.1) is 15.9 Å². The molecule has 0 amide bonds. The first kappa shape index (κ1) is 26.5. The lowest BCUT2D eigenvalue weighted by Crippen LogP contribution is -1.98. The van der Waals surface area contributed by atoms with Gasteiger partial charge in [-0.2, -0.15) is 0 Å². The number of ether oxygens (including phenoxy) is 5. The van der Waals surface area contributed by atoms with Gasteiger partial charge in [-0.1, -0.05) is 12.2 Å². The molecule has 3 aromatic carbocycles. The van der Waals surface area contributed by atoms with Gasteiger partial charge in [0.25, 0.3) is 0 Å². The van der Waals surface area contributed by atoms with Crippen LogP contribution in [0.1, 0.15) is 11.1 Å². The van der Waals surface area contributed by atoms with Gasteiger partial charge in [0.15, 0.2) is 28.8 Å². The maximum Gasteiger partial charge on any atom is 0.312 e. The number of benzene rings is 3. The van der Waals surface area contributed by atoms with Gasteiger partial charge in [-0.05, 0) is 59.5 Å². The molecule has 3 aromatic rings. The Morgan fingerprint density at radius 1 is 0.806 bits per heavy atom. The van der Waals surface area contributed by atoms with Crippen molar-refractivity contribution < 1.29 is 33.0 Å². The van der Waals surface area contributed by atoms with Crippen LogP contribution in [-0.4, -0.2) is 40.5 Å². The van der Waals surface area contributed by atoms with Crippen LogP contribution in [0.4, 0.5) is 15.8 Å². The smallest absolute Gasteiger partial charge is 0.312 e. The number of nitrogens with one attached hydrogen (secondary N) is 1. The molecular weight excluding hydrogens is 491 g/mol. The first-order valence-corrected chi connectivity index (χ1v) is 11.3. The van der Waals surface area contributed by atoms with Crippen molar-refractivity contribution in [2.45, 2.75) is 4.90 Å². The average Bonchev–Trinajstić information content (AvgIpc) is 2.89. The van der Waals surface area contributed by atoms with Crippen LogP contribution >= 0.6 is 11.9 Å². The summed E-state index contributed by atoms with van der Waals surface area (Å²) in [6.45, 7) is 0. The van der Waals surface area contributed by atoms with Gasteiger partial charge < -0.3 is 28.4 Å². The van der Waals surface area contributed by atoms with E-state index in [9.17, 15) is 14.5 Å². The molecule has 0 spiro atoms. The number of nitro benzene ring substituents is 1. The summed E-state index contributed by atoms with van der Waals surface area (Å²) in [6.07, 6.45) is 3.49. The van der Waals surface area contributed by atoms with E-state index in [1.807, 2.05) is 0 Å². The monoisotopic (exact) mass is 516 g/mol. The van der Waals surface area contributed by atoms with Gasteiger partial charge in [-0.15, -0.1) is 0 Å². The lowest BCUT2D eigenvalue weighted by Gasteiger charge is -2.13. The summed E-state index contributed by atoms with van der Waals surface area (Å²) in [5, 5.41) is 11.3. The number of nitrogens with zero attached hydrogens (tertiary/aromatic N) is 1. The summed E-state index contributed by atoms with van der Waals surface area (Å²) < 4.78 is 44.1. The summed E-state index contributed by atoms with van der Waals surface area (Å²) in [4.78, 5) is 11.3. The number of hydrogen-bond donors (Lipinski definition) is 1. The van der Waals surface area contributed by atoms with Gasteiger partial charge in [0.1, 0.15) is 0 Å². The summed E-state index contributed by atoms with van der Waals surface area (Å²) in [6, 6.07) is 11.1. The number of methoxy groups -OCH3 is 5. The first-order chi connectivity index (χ1) is 17.3. The minimum absolute atomic E-state index is 0.00967. The topological polar surface area (TPSA) is 101 Å². The van der Waals surface area contributed by atoms with Crippen LogP contribution in [0.2, 0.25) is 0 Å². The molecule has 0 aliphatic heterocycles. The Balaban J connectivity index is 1.89. The van der Waals surface area contributed by atoms with E-state index < -0.39 is 10.7 Å². The largest absolute Gasteiger partial charge is 0.493 e. The molecule has 0 atom stereocenters. The molecule has 0 radical (unpaired) electrons. The third kappa shape index (κ3) is 5.92. The Morgan fingerprint density at radius 2 is 1.39 bits per heavy atom. The fourth-order valence-electron chi connectivity index (χ4n) is 3.37. The van der Waals surface area contributed by atoms with Crippen molar-refractivity contribution in [3.8, 4) is 28.7 Å². The Kier molecular flexibility index (Phi) is 8.85. The highest BCUT2D eigenvalue weighted by molar-refractivity contribution is 8.00. The second-order valence-corrected chi connectivity index (χ2v) is 8.05. The standard InChI is InChI=1S/C25H25FN2O7S/c1-31-21-9-8-17(14-20(21)28(29)30)36-27-19-11-15(10-18(26)24(19)34-4)6-7-16-12-22(32-2)25(35-5)23(13-16)33-3/h6-14,27H,1-5H3/b7-6-. The zero-order valence-corrected chi connectivity index (χ0v) is 21.1. The third-order valence-electron chi connectivity index (χ3n) is 5.05. The predicted molar refractivity (Wildman–Crippen MR) is 137 cm³/mol. The van der Waals surface area contributed by atoms with Crippen molar-refractivity contribution in [1.82, 2.24) is 0 Å². The molecule has 11 heteroatoms. The van der Waals surface area contributed by atoms with E-state index in [2.05, 4.69) is 4.72 Å². The molecule has 0 bridgehead atoms. The maximum absolute atomic E-state index is 14.8. The van der Waals surface area contributed by atoms with Crippen molar-refractivity contribution in [1.29, 1.82) is 0 Å². The lowest BCUT2D eigenvalue weighted by atomic mass is 10.1. The van der Waals surface area contributed by atoms with Gasteiger partial charge in [-0.25, -0.2) is 4.39 Å². The third-order valence-corrected chi connectivity index (χ3v) is 5.86. The van der Waals surface area contributed by atoms with E-state index in [0.717, 1.165) is 17.5 Å². The molecule has 0 saturated carbocycles. The van der Waals surface area contributed by atoms with Crippen LogP contribution in [-0.2, 0) is 0 Å². The zero-order chi connectivity index (χ0) is 26.2. The van der Waals surface area contributed by atoms with Crippen molar-refractivity contribution >= 4 is 35.5 Å². The molecule has 0 aromatic heterocycles. The normalized spacial score (nSPS) is 10.7. The average molecular weight is 517 g/mol. The molecule has 0 saturated heterocycles. The molecule has 0 fully saturated rings. The van der Waals surface area contributed by atoms with E-state index >= 15 is 0 Å². The molecule has 190 valence electrons. The van der Waals surface area contributed by atoms with Crippen molar-refractivity contribution in [3.63, 3.8) is 0 Å². The fraction of sp³-hybridized carbons (Fsp3) is 0.200. The Bertz CT molecular complexity index is 1260. The van der Waals surface area contributed by atoms with Crippen LogP contribution in [0.3, 0.4) is 0 Å². The maximum atomic E-state index is 14.8. The van der Waals surface area contributed by atoms with Crippen molar-refractivity contribution in [3.05, 3.63) is 69.5 Å².